The third-order valence-electron chi connectivity index (χ3n) is 3.70. The second-order valence-corrected chi connectivity index (χ2v) is 5.50. The van der Waals surface area contributed by atoms with Crippen LogP contribution in [0.5, 0.6) is 0 Å². The molecule has 5 heteroatoms. The van der Waals surface area contributed by atoms with E-state index in [0.29, 0.717) is 11.1 Å². The molecule has 0 aliphatic rings. The van der Waals surface area contributed by atoms with Gasteiger partial charge in [0.1, 0.15) is 17.2 Å². The minimum Gasteiger partial charge on any atom is -0.455 e. The molecule has 0 spiro atoms. The highest BCUT2D eigenvalue weighted by Gasteiger charge is 2.29. The van der Waals surface area contributed by atoms with Crippen molar-refractivity contribution in [2.75, 3.05) is 6.61 Å². The van der Waals surface area contributed by atoms with E-state index in [4.69, 9.17) is 4.74 Å². The van der Waals surface area contributed by atoms with Crippen LogP contribution < -0.4 is 0 Å². The van der Waals surface area contributed by atoms with Gasteiger partial charge in [-0.2, -0.15) is 0 Å². The predicted molar refractivity (Wildman–Crippen MR) is 82.6 cm³/mol. The highest BCUT2D eigenvalue weighted by Crippen LogP contribution is 2.31. The SMILES string of the molecule is CC(=O)OC(C)(CCO)c1ccc(-c2ccc(F)cc2F)cc1. The molecule has 0 aliphatic heterocycles. The van der Waals surface area contributed by atoms with Crippen molar-refractivity contribution in [1.29, 1.82) is 0 Å². The fraction of sp³-hybridized carbons (Fsp3) is 0.278. The van der Waals surface area contributed by atoms with E-state index in [0.717, 1.165) is 6.07 Å². The molecule has 0 amide bonds. The van der Waals surface area contributed by atoms with Gasteiger partial charge in [-0.3, -0.25) is 4.79 Å². The first-order valence-corrected chi connectivity index (χ1v) is 7.22. The Morgan fingerprint density at radius 1 is 1.17 bits per heavy atom. The largest absolute Gasteiger partial charge is 0.455 e. The maximum Gasteiger partial charge on any atom is 0.303 e. The van der Waals surface area contributed by atoms with Crippen LogP contribution in [-0.4, -0.2) is 17.7 Å². The number of aliphatic hydroxyl groups is 1. The Labute approximate surface area is 133 Å². The first-order valence-electron chi connectivity index (χ1n) is 7.22. The fourth-order valence-corrected chi connectivity index (χ4v) is 2.51. The molecule has 0 bridgehead atoms. The fourth-order valence-electron chi connectivity index (χ4n) is 2.51. The van der Waals surface area contributed by atoms with Gasteiger partial charge in [0.05, 0.1) is 0 Å². The van der Waals surface area contributed by atoms with Crippen LogP contribution in [0, 0.1) is 11.6 Å². The maximum atomic E-state index is 13.8. The molecule has 1 N–H and O–H groups in total. The highest BCUT2D eigenvalue weighted by atomic mass is 19.1. The van der Waals surface area contributed by atoms with Gasteiger partial charge < -0.3 is 9.84 Å². The number of rotatable bonds is 5. The lowest BCUT2D eigenvalue weighted by molar-refractivity contribution is -0.158. The molecule has 0 heterocycles. The van der Waals surface area contributed by atoms with Crippen molar-refractivity contribution in [2.24, 2.45) is 0 Å². The van der Waals surface area contributed by atoms with E-state index in [9.17, 15) is 18.7 Å². The molecular formula is C18H18F2O3. The summed E-state index contributed by atoms with van der Waals surface area (Å²) in [6, 6.07) is 10.2. The van der Waals surface area contributed by atoms with Gasteiger partial charge in [-0.25, -0.2) is 8.78 Å². The van der Waals surface area contributed by atoms with Crippen molar-refractivity contribution in [3.8, 4) is 11.1 Å². The van der Waals surface area contributed by atoms with Crippen molar-refractivity contribution in [3.05, 3.63) is 59.7 Å². The van der Waals surface area contributed by atoms with Gasteiger partial charge in [0.2, 0.25) is 0 Å². The molecule has 0 aliphatic carbocycles. The van der Waals surface area contributed by atoms with Gasteiger partial charge in [0.25, 0.3) is 0 Å². The molecule has 1 unspecified atom stereocenters. The van der Waals surface area contributed by atoms with Crippen LogP contribution in [0.2, 0.25) is 0 Å². The topological polar surface area (TPSA) is 46.5 Å². The van der Waals surface area contributed by atoms with E-state index >= 15 is 0 Å². The Morgan fingerprint density at radius 3 is 2.35 bits per heavy atom. The van der Waals surface area contributed by atoms with Crippen LogP contribution >= 0.6 is 0 Å². The van der Waals surface area contributed by atoms with E-state index in [2.05, 4.69) is 0 Å². The highest BCUT2D eigenvalue weighted by molar-refractivity contribution is 5.67. The second kappa shape index (κ2) is 6.87. The molecule has 122 valence electrons. The summed E-state index contributed by atoms with van der Waals surface area (Å²) in [5.74, 6) is -1.72. The zero-order chi connectivity index (χ0) is 17.0. The van der Waals surface area contributed by atoms with Gasteiger partial charge in [0, 0.05) is 31.6 Å². The van der Waals surface area contributed by atoms with Crippen LogP contribution in [0.15, 0.2) is 42.5 Å². The van der Waals surface area contributed by atoms with Crippen molar-refractivity contribution >= 4 is 5.97 Å². The van der Waals surface area contributed by atoms with Crippen LogP contribution in [0.3, 0.4) is 0 Å². The molecule has 0 saturated carbocycles. The van der Waals surface area contributed by atoms with Gasteiger partial charge in [-0.05, 0) is 30.2 Å². The van der Waals surface area contributed by atoms with E-state index in [1.54, 1.807) is 31.2 Å². The quantitative estimate of drug-likeness (QED) is 0.853. The average Bonchev–Trinajstić information content (AvgIpc) is 2.47. The third kappa shape index (κ3) is 3.93. The smallest absolute Gasteiger partial charge is 0.303 e. The summed E-state index contributed by atoms with van der Waals surface area (Å²) in [6.45, 7) is 2.87. The zero-order valence-corrected chi connectivity index (χ0v) is 13.0. The molecule has 2 rings (SSSR count). The lowest BCUT2D eigenvalue weighted by Crippen LogP contribution is -2.29. The van der Waals surface area contributed by atoms with Crippen molar-refractivity contribution < 1.29 is 23.4 Å². The second-order valence-electron chi connectivity index (χ2n) is 5.50. The van der Waals surface area contributed by atoms with E-state index in [1.165, 1.54) is 19.1 Å². The number of benzene rings is 2. The van der Waals surface area contributed by atoms with E-state index in [1.807, 2.05) is 0 Å². The predicted octanol–water partition coefficient (Wildman–Crippen LogP) is 3.79. The van der Waals surface area contributed by atoms with Gasteiger partial charge >= 0.3 is 5.97 Å². The number of carbonyl (C=O) groups is 1. The van der Waals surface area contributed by atoms with Crippen LogP contribution in [0.4, 0.5) is 8.78 Å². The zero-order valence-electron chi connectivity index (χ0n) is 13.0. The summed E-state index contributed by atoms with van der Waals surface area (Å²) in [6.07, 6.45) is 0.247. The first-order chi connectivity index (χ1) is 10.9. The van der Waals surface area contributed by atoms with Gasteiger partial charge in [-0.1, -0.05) is 24.3 Å². The van der Waals surface area contributed by atoms with Gasteiger partial charge in [-0.15, -0.1) is 0 Å². The maximum absolute atomic E-state index is 13.8. The number of aliphatic hydroxyl groups excluding tert-OH is 1. The molecule has 0 fully saturated rings. The minimum atomic E-state index is -0.958. The Bertz CT molecular complexity index is 698. The van der Waals surface area contributed by atoms with Crippen LogP contribution in [0.1, 0.15) is 25.8 Å². The number of ether oxygens (including phenoxy) is 1. The number of esters is 1. The lowest BCUT2D eigenvalue weighted by atomic mass is 9.91. The Hall–Kier alpha value is -2.27. The molecule has 0 radical (unpaired) electrons. The number of halogens is 2. The number of carbonyl (C=O) groups excluding carboxylic acids is 1. The molecule has 23 heavy (non-hydrogen) atoms. The standard InChI is InChI=1S/C18H18F2O3/c1-12(22)23-18(2,9-10-21)14-5-3-13(4-6-14)16-8-7-15(19)11-17(16)20/h3-8,11,21H,9-10H2,1-2H3. The summed E-state index contributed by atoms with van der Waals surface area (Å²) >= 11 is 0. The molecule has 2 aromatic rings. The Morgan fingerprint density at radius 2 is 1.83 bits per heavy atom. The molecule has 0 saturated heterocycles. The number of hydrogen-bond donors (Lipinski definition) is 1. The molecule has 1 atom stereocenters. The van der Waals surface area contributed by atoms with Crippen LogP contribution in [0.25, 0.3) is 11.1 Å². The van der Waals surface area contributed by atoms with Gasteiger partial charge in [0.15, 0.2) is 0 Å². The Kier molecular flexibility index (Phi) is 5.11. The number of hydrogen-bond acceptors (Lipinski definition) is 3. The van der Waals surface area contributed by atoms with Crippen molar-refractivity contribution in [2.45, 2.75) is 25.9 Å². The van der Waals surface area contributed by atoms with E-state index < -0.39 is 23.2 Å². The summed E-state index contributed by atoms with van der Waals surface area (Å²) in [7, 11) is 0. The first kappa shape index (κ1) is 17.1. The summed E-state index contributed by atoms with van der Waals surface area (Å²) in [5, 5.41) is 9.19. The lowest BCUT2D eigenvalue weighted by Gasteiger charge is -2.29. The summed E-state index contributed by atoms with van der Waals surface area (Å²) in [5.41, 5.74) is 0.600. The molecular weight excluding hydrogens is 302 g/mol. The monoisotopic (exact) mass is 320 g/mol. The van der Waals surface area contributed by atoms with Crippen molar-refractivity contribution in [3.63, 3.8) is 0 Å². The average molecular weight is 320 g/mol. The summed E-state index contributed by atoms with van der Waals surface area (Å²) in [4.78, 5) is 11.3. The van der Waals surface area contributed by atoms with Crippen LogP contribution in [-0.2, 0) is 15.1 Å². The third-order valence-corrected chi connectivity index (χ3v) is 3.70. The normalized spacial score (nSPS) is 13.4. The summed E-state index contributed by atoms with van der Waals surface area (Å²) < 4.78 is 32.1. The van der Waals surface area contributed by atoms with E-state index in [-0.39, 0.29) is 18.6 Å². The van der Waals surface area contributed by atoms with Crippen molar-refractivity contribution in [1.82, 2.24) is 0 Å². The molecule has 2 aromatic carbocycles. The minimum absolute atomic E-state index is 0.141. The molecule has 3 nitrogen and oxygen atoms in total. The molecule has 0 aromatic heterocycles. The Balaban J connectivity index is 2.35.